The molecule has 0 unspecified atom stereocenters. The number of anilines is 1. The molecule has 0 aliphatic carbocycles. The number of Topliss-reactive ketones (excluding diaryl/α,β-unsaturated/α-hetero) is 1. The molecule has 0 radical (unpaired) electrons. The van der Waals surface area contributed by atoms with Crippen LogP contribution in [0.4, 0.5) is 5.69 Å². The number of aliphatic hydroxyl groups is 1. The third-order valence-electron chi connectivity index (χ3n) is 4.42. The van der Waals surface area contributed by atoms with Crippen LogP contribution in [0, 0.1) is 0 Å². The summed E-state index contributed by atoms with van der Waals surface area (Å²) in [5.74, 6) is 0.0343. The van der Waals surface area contributed by atoms with Crippen molar-refractivity contribution in [1.82, 2.24) is 4.90 Å². The minimum atomic E-state index is -0.387. The van der Waals surface area contributed by atoms with E-state index in [2.05, 4.69) is 4.90 Å². The first-order valence-electron chi connectivity index (χ1n) is 8.61. The second-order valence-corrected chi connectivity index (χ2v) is 7.04. The predicted octanol–water partition coefficient (Wildman–Crippen LogP) is 3.15. The van der Waals surface area contributed by atoms with Crippen LogP contribution in [-0.4, -0.2) is 54.5 Å². The summed E-state index contributed by atoms with van der Waals surface area (Å²) in [6.07, 6.45) is 3.26. The highest BCUT2D eigenvalue weighted by molar-refractivity contribution is 6.42. The lowest BCUT2D eigenvalue weighted by atomic mass is 10.1. The number of aliphatic hydroxyl groups excluding tert-OH is 1. The van der Waals surface area contributed by atoms with Crippen LogP contribution >= 0.6 is 23.2 Å². The van der Waals surface area contributed by atoms with Crippen molar-refractivity contribution >= 4 is 40.6 Å². The Bertz CT molecular complexity index is 602. The molecule has 25 heavy (non-hydrogen) atoms. The van der Waals surface area contributed by atoms with E-state index in [0.717, 1.165) is 38.0 Å². The Morgan fingerprint density at radius 1 is 0.960 bits per heavy atom. The van der Waals surface area contributed by atoms with Crippen LogP contribution in [0.1, 0.15) is 32.1 Å². The Hall–Kier alpha value is -1.30. The van der Waals surface area contributed by atoms with Crippen LogP contribution in [0.3, 0.4) is 0 Å². The van der Waals surface area contributed by atoms with E-state index in [4.69, 9.17) is 28.3 Å². The van der Waals surface area contributed by atoms with Gasteiger partial charge < -0.3 is 14.9 Å². The van der Waals surface area contributed by atoms with Crippen molar-refractivity contribution < 1.29 is 14.7 Å². The summed E-state index contributed by atoms with van der Waals surface area (Å²) in [5, 5.41) is 9.73. The number of unbranched alkanes of at least 4 members (excludes halogenated alkanes) is 2. The predicted molar refractivity (Wildman–Crippen MR) is 100 cm³/mol. The number of hydrogen-bond acceptors (Lipinski definition) is 4. The van der Waals surface area contributed by atoms with Gasteiger partial charge in [-0.15, -0.1) is 0 Å². The van der Waals surface area contributed by atoms with E-state index in [1.807, 2.05) is 17.0 Å². The first-order chi connectivity index (χ1) is 12.0. The summed E-state index contributed by atoms with van der Waals surface area (Å²) in [6, 6.07) is 5.59. The van der Waals surface area contributed by atoms with E-state index in [-0.39, 0.29) is 18.3 Å². The molecule has 7 heteroatoms. The summed E-state index contributed by atoms with van der Waals surface area (Å²) >= 11 is 12.0. The Morgan fingerprint density at radius 3 is 2.28 bits per heavy atom. The second kappa shape index (κ2) is 10.00. The smallest absolute Gasteiger partial charge is 0.222 e. The molecular formula is C18H24Cl2N2O3. The minimum absolute atomic E-state index is 0.134. The van der Waals surface area contributed by atoms with Crippen LogP contribution in [0.25, 0.3) is 0 Å². The van der Waals surface area contributed by atoms with E-state index < -0.39 is 0 Å². The maximum absolute atomic E-state index is 12.3. The van der Waals surface area contributed by atoms with E-state index in [1.54, 1.807) is 6.07 Å². The highest BCUT2D eigenvalue weighted by Gasteiger charge is 2.21. The number of hydrogen-bond donors (Lipinski definition) is 1. The fraction of sp³-hybridized carbons (Fsp3) is 0.556. The molecule has 0 aromatic heterocycles. The molecule has 1 aromatic rings. The zero-order valence-electron chi connectivity index (χ0n) is 14.2. The molecule has 0 spiro atoms. The van der Waals surface area contributed by atoms with Gasteiger partial charge in [0.1, 0.15) is 6.61 Å². The van der Waals surface area contributed by atoms with E-state index in [0.29, 0.717) is 36.0 Å². The van der Waals surface area contributed by atoms with Gasteiger partial charge in [-0.05, 0) is 31.0 Å². The number of carbonyl (C=O) groups excluding carboxylic acids is 2. The van der Waals surface area contributed by atoms with Crippen molar-refractivity contribution in [2.45, 2.75) is 32.1 Å². The van der Waals surface area contributed by atoms with E-state index >= 15 is 0 Å². The summed E-state index contributed by atoms with van der Waals surface area (Å²) < 4.78 is 0. The lowest BCUT2D eigenvalue weighted by Gasteiger charge is -2.36. The Labute approximate surface area is 158 Å². The number of amides is 1. The zero-order chi connectivity index (χ0) is 18.2. The SMILES string of the molecule is O=C(CO)CCCCCC(=O)N1CCN(c2ccc(Cl)c(Cl)c2)CC1. The first-order valence-corrected chi connectivity index (χ1v) is 9.37. The number of piperazine rings is 1. The number of carbonyl (C=O) groups is 2. The molecule has 1 fully saturated rings. The van der Waals surface area contributed by atoms with Gasteiger partial charge in [0.25, 0.3) is 0 Å². The highest BCUT2D eigenvalue weighted by atomic mass is 35.5. The van der Waals surface area contributed by atoms with Crippen LogP contribution in [0.2, 0.25) is 10.0 Å². The van der Waals surface area contributed by atoms with Crippen molar-refractivity contribution in [3.05, 3.63) is 28.2 Å². The number of benzene rings is 1. The average molecular weight is 387 g/mol. The van der Waals surface area contributed by atoms with Gasteiger partial charge in [0.15, 0.2) is 5.78 Å². The zero-order valence-corrected chi connectivity index (χ0v) is 15.7. The Morgan fingerprint density at radius 2 is 1.64 bits per heavy atom. The minimum Gasteiger partial charge on any atom is -0.389 e. The maximum atomic E-state index is 12.3. The van der Waals surface area contributed by atoms with Gasteiger partial charge >= 0.3 is 0 Å². The molecule has 0 bridgehead atoms. The van der Waals surface area contributed by atoms with E-state index in [1.165, 1.54) is 0 Å². The van der Waals surface area contributed by atoms with Crippen molar-refractivity contribution in [2.24, 2.45) is 0 Å². The number of rotatable bonds is 8. The molecule has 2 rings (SSSR count). The molecular weight excluding hydrogens is 363 g/mol. The fourth-order valence-corrected chi connectivity index (χ4v) is 3.20. The molecule has 0 atom stereocenters. The molecule has 1 aliphatic heterocycles. The van der Waals surface area contributed by atoms with Gasteiger partial charge in [0.05, 0.1) is 10.0 Å². The van der Waals surface area contributed by atoms with Crippen LogP contribution in [0.15, 0.2) is 18.2 Å². The molecule has 1 heterocycles. The quantitative estimate of drug-likeness (QED) is 0.697. The molecule has 0 saturated carbocycles. The van der Waals surface area contributed by atoms with Gasteiger partial charge in [-0.25, -0.2) is 0 Å². The lowest BCUT2D eigenvalue weighted by Crippen LogP contribution is -2.48. The second-order valence-electron chi connectivity index (χ2n) is 6.22. The molecule has 138 valence electrons. The van der Waals surface area contributed by atoms with Crippen LogP contribution in [0.5, 0.6) is 0 Å². The molecule has 1 N–H and O–H groups in total. The third kappa shape index (κ3) is 6.17. The summed E-state index contributed by atoms with van der Waals surface area (Å²) in [5.41, 5.74) is 1.02. The van der Waals surface area contributed by atoms with Gasteiger partial charge in [-0.1, -0.05) is 29.6 Å². The van der Waals surface area contributed by atoms with Gasteiger partial charge in [-0.2, -0.15) is 0 Å². The van der Waals surface area contributed by atoms with Gasteiger partial charge in [0.2, 0.25) is 5.91 Å². The van der Waals surface area contributed by atoms with Crippen molar-refractivity contribution in [3.8, 4) is 0 Å². The van der Waals surface area contributed by atoms with Gasteiger partial charge in [-0.3, -0.25) is 9.59 Å². The summed E-state index contributed by atoms with van der Waals surface area (Å²) in [6.45, 7) is 2.55. The number of ketones is 1. The van der Waals surface area contributed by atoms with Crippen LogP contribution < -0.4 is 4.90 Å². The highest BCUT2D eigenvalue weighted by Crippen LogP contribution is 2.27. The molecule has 1 aromatic carbocycles. The summed E-state index contributed by atoms with van der Waals surface area (Å²) in [7, 11) is 0. The van der Waals surface area contributed by atoms with Crippen molar-refractivity contribution in [2.75, 3.05) is 37.7 Å². The monoisotopic (exact) mass is 386 g/mol. The maximum Gasteiger partial charge on any atom is 0.222 e. The standard InChI is InChI=1S/C18H24Cl2N2O3/c19-16-7-6-14(12-17(16)20)21-8-10-22(11-9-21)18(25)5-3-1-2-4-15(24)13-23/h6-7,12,23H,1-5,8-11,13H2. The molecule has 1 amide bonds. The molecule has 1 aliphatic rings. The van der Waals surface area contributed by atoms with Crippen molar-refractivity contribution in [3.63, 3.8) is 0 Å². The van der Waals surface area contributed by atoms with Crippen LogP contribution in [-0.2, 0) is 9.59 Å². The Balaban J connectivity index is 1.69. The normalized spacial score (nSPS) is 14.7. The fourth-order valence-electron chi connectivity index (χ4n) is 2.91. The average Bonchev–Trinajstić information content (AvgIpc) is 2.63. The molecule has 1 saturated heterocycles. The first kappa shape index (κ1) is 20.0. The lowest BCUT2D eigenvalue weighted by molar-refractivity contribution is -0.131. The third-order valence-corrected chi connectivity index (χ3v) is 5.16. The largest absolute Gasteiger partial charge is 0.389 e. The van der Waals surface area contributed by atoms with Crippen molar-refractivity contribution in [1.29, 1.82) is 0 Å². The number of halogens is 2. The molecule has 5 nitrogen and oxygen atoms in total. The van der Waals surface area contributed by atoms with Gasteiger partial charge in [0, 0.05) is 44.7 Å². The summed E-state index contributed by atoms with van der Waals surface area (Å²) in [4.78, 5) is 27.3. The number of nitrogens with zero attached hydrogens (tertiary/aromatic N) is 2. The Kier molecular flexibility index (Phi) is 8.00. The van der Waals surface area contributed by atoms with E-state index in [9.17, 15) is 9.59 Å². The topological polar surface area (TPSA) is 60.9 Å².